The van der Waals surface area contributed by atoms with Gasteiger partial charge in [0.1, 0.15) is 0 Å². The van der Waals surface area contributed by atoms with E-state index in [1.807, 2.05) is 13.8 Å². The van der Waals surface area contributed by atoms with Gasteiger partial charge in [0, 0.05) is 0 Å². The minimum absolute atomic E-state index is 1.14. The van der Waals surface area contributed by atoms with Crippen LogP contribution in [0.25, 0.3) is 0 Å². The van der Waals surface area contributed by atoms with Crippen LogP contribution in [0, 0.1) is 0 Å². The molecule has 0 unspecified atom stereocenters. The molecule has 0 saturated heterocycles. The lowest BCUT2D eigenvalue weighted by atomic mass is 10.1. The van der Waals surface area contributed by atoms with Crippen molar-refractivity contribution in [3.8, 4) is 0 Å². The maximum atomic E-state index is 3.85. The first kappa shape index (κ1) is 9.22. The van der Waals surface area contributed by atoms with Gasteiger partial charge in [-0.05, 0) is 33.3 Å². The van der Waals surface area contributed by atoms with Gasteiger partial charge in [0.2, 0.25) is 0 Å². The normalized spacial score (nSPS) is 13.6. The van der Waals surface area contributed by atoms with Crippen molar-refractivity contribution in [3.63, 3.8) is 0 Å². The van der Waals surface area contributed by atoms with Crippen LogP contribution in [-0.2, 0) is 0 Å². The first-order valence-corrected chi connectivity index (χ1v) is 3.55. The highest BCUT2D eigenvalue weighted by molar-refractivity contribution is 5.31. The summed E-state index contributed by atoms with van der Waals surface area (Å²) >= 11 is 0. The van der Waals surface area contributed by atoms with Gasteiger partial charge in [0.05, 0.1) is 0 Å². The lowest BCUT2D eigenvalue weighted by Gasteiger charge is -1.97. The Morgan fingerprint density at radius 2 is 1.70 bits per heavy atom. The molecule has 0 aromatic rings. The van der Waals surface area contributed by atoms with Gasteiger partial charge < -0.3 is 0 Å². The molecule has 0 saturated carbocycles. The summed E-state index contributed by atoms with van der Waals surface area (Å²) < 4.78 is 0. The van der Waals surface area contributed by atoms with E-state index in [1.165, 1.54) is 11.1 Å². The Morgan fingerprint density at radius 1 is 1.20 bits per heavy atom. The van der Waals surface area contributed by atoms with Crippen molar-refractivity contribution in [2.75, 3.05) is 0 Å². The number of hydrogen-bond donors (Lipinski definition) is 0. The van der Waals surface area contributed by atoms with E-state index in [-0.39, 0.29) is 0 Å². The van der Waals surface area contributed by atoms with Crippen molar-refractivity contribution in [1.82, 2.24) is 0 Å². The van der Waals surface area contributed by atoms with Crippen LogP contribution in [0.5, 0.6) is 0 Å². The largest absolute Gasteiger partial charge is 0.0958 e. The summed E-state index contributed by atoms with van der Waals surface area (Å²) in [6.45, 7) is 12.1. The van der Waals surface area contributed by atoms with Crippen LogP contribution in [0.15, 0.2) is 35.5 Å². The summed E-state index contributed by atoms with van der Waals surface area (Å²) in [5, 5.41) is 0. The fraction of sp³-hybridized carbons (Fsp3) is 0.400. The third kappa shape index (κ3) is 3.29. The second-order valence-corrected chi connectivity index (χ2v) is 2.64. The molecule has 0 heteroatoms. The van der Waals surface area contributed by atoms with Crippen molar-refractivity contribution in [2.45, 2.75) is 27.7 Å². The lowest BCUT2D eigenvalue weighted by Crippen LogP contribution is -1.77. The van der Waals surface area contributed by atoms with E-state index in [1.54, 1.807) is 0 Å². The van der Waals surface area contributed by atoms with E-state index < -0.39 is 0 Å². The second-order valence-electron chi connectivity index (χ2n) is 2.64. The molecule has 0 N–H and O–H groups in total. The molecule has 0 nitrogen and oxygen atoms in total. The predicted octanol–water partition coefficient (Wildman–Crippen LogP) is 3.48. The van der Waals surface area contributed by atoms with Crippen LogP contribution in [0.4, 0.5) is 0 Å². The molecule has 0 spiro atoms. The molecule has 0 radical (unpaired) electrons. The van der Waals surface area contributed by atoms with Crippen molar-refractivity contribution < 1.29 is 0 Å². The smallest absolute Gasteiger partial charge is 0.0395 e. The Bertz CT molecular complexity index is 180. The highest BCUT2D eigenvalue weighted by Crippen LogP contribution is 2.08. The molecule has 0 aliphatic heterocycles. The third-order valence-corrected chi connectivity index (χ3v) is 1.57. The Kier molecular flexibility index (Phi) is 3.78. The summed E-state index contributed by atoms with van der Waals surface area (Å²) in [7, 11) is 0. The number of rotatable bonds is 2. The van der Waals surface area contributed by atoms with Gasteiger partial charge in [-0.25, -0.2) is 0 Å². The van der Waals surface area contributed by atoms with Crippen LogP contribution in [0.1, 0.15) is 27.7 Å². The van der Waals surface area contributed by atoms with E-state index >= 15 is 0 Å². The summed E-state index contributed by atoms with van der Waals surface area (Å²) in [4.78, 5) is 0. The minimum atomic E-state index is 1.14. The van der Waals surface area contributed by atoms with Gasteiger partial charge in [-0.15, -0.1) is 0 Å². The molecule has 0 fully saturated rings. The topological polar surface area (TPSA) is 0 Å². The third-order valence-electron chi connectivity index (χ3n) is 1.57. The fourth-order valence-electron chi connectivity index (χ4n) is 0.548. The van der Waals surface area contributed by atoms with Crippen LogP contribution in [-0.4, -0.2) is 0 Å². The van der Waals surface area contributed by atoms with Gasteiger partial charge in [0.25, 0.3) is 0 Å². The second kappa shape index (κ2) is 4.10. The van der Waals surface area contributed by atoms with E-state index in [4.69, 9.17) is 0 Å². The zero-order valence-electron chi connectivity index (χ0n) is 7.36. The van der Waals surface area contributed by atoms with Crippen LogP contribution < -0.4 is 0 Å². The van der Waals surface area contributed by atoms with Gasteiger partial charge in [-0.3, -0.25) is 0 Å². The van der Waals surface area contributed by atoms with E-state index in [2.05, 4.69) is 32.6 Å². The zero-order chi connectivity index (χ0) is 8.15. The van der Waals surface area contributed by atoms with Crippen molar-refractivity contribution in [1.29, 1.82) is 0 Å². The van der Waals surface area contributed by atoms with Gasteiger partial charge in [-0.2, -0.15) is 0 Å². The van der Waals surface area contributed by atoms with Gasteiger partial charge in [-0.1, -0.05) is 29.9 Å². The Hall–Kier alpha value is -0.780. The van der Waals surface area contributed by atoms with E-state index in [0.717, 1.165) is 5.57 Å². The molecule has 0 heterocycles. The molecule has 0 aliphatic rings. The van der Waals surface area contributed by atoms with E-state index in [0.29, 0.717) is 0 Å². The Morgan fingerprint density at radius 3 is 2.00 bits per heavy atom. The van der Waals surface area contributed by atoms with E-state index in [9.17, 15) is 0 Å². The van der Waals surface area contributed by atoms with Crippen LogP contribution in [0.3, 0.4) is 0 Å². The molecular formula is C10H16. The molecule has 0 aromatic heterocycles. The molecule has 0 aliphatic carbocycles. The molecule has 0 amide bonds. The van der Waals surface area contributed by atoms with Crippen molar-refractivity contribution in [2.24, 2.45) is 0 Å². The summed E-state index contributed by atoms with van der Waals surface area (Å²) in [6.07, 6.45) is 4.23. The molecule has 0 bridgehead atoms. The molecule has 0 atom stereocenters. The molecule has 0 rings (SSSR count). The SMILES string of the molecule is C=C(C)C(C)=CC(C)=CC. The summed E-state index contributed by atoms with van der Waals surface area (Å²) in [5.74, 6) is 0. The van der Waals surface area contributed by atoms with Gasteiger partial charge in [0.15, 0.2) is 0 Å². The monoisotopic (exact) mass is 136 g/mol. The lowest BCUT2D eigenvalue weighted by molar-refractivity contribution is 1.33. The molecule has 56 valence electrons. The predicted molar refractivity (Wildman–Crippen MR) is 48.0 cm³/mol. The number of allylic oxidation sites excluding steroid dienone is 5. The first-order chi connectivity index (χ1) is 4.57. The van der Waals surface area contributed by atoms with Crippen LogP contribution in [0.2, 0.25) is 0 Å². The first-order valence-electron chi connectivity index (χ1n) is 3.55. The highest BCUT2D eigenvalue weighted by atomic mass is 13.9. The highest BCUT2D eigenvalue weighted by Gasteiger charge is 1.87. The molecule has 0 aromatic carbocycles. The Balaban J connectivity index is 4.31. The minimum Gasteiger partial charge on any atom is -0.0958 e. The average molecular weight is 136 g/mol. The maximum Gasteiger partial charge on any atom is -0.0395 e. The molecular weight excluding hydrogens is 120 g/mol. The standard InChI is InChI=1S/C10H16/c1-6-9(4)7-10(5)8(2)3/h6-7H,2H2,1,3-5H3. The van der Waals surface area contributed by atoms with Crippen LogP contribution >= 0.6 is 0 Å². The van der Waals surface area contributed by atoms with Crippen molar-refractivity contribution >= 4 is 0 Å². The van der Waals surface area contributed by atoms with Crippen molar-refractivity contribution in [3.05, 3.63) is 35.5 Å². The summed E-state index contributed by atoms with van der Waals surface area (Å²) in [6, 6.07) is 0. The van der Waals surface area contributed by atoms with Gasteiger partial charge >= 0.3 is 0 Å². The Labute approximate surface area is 64.0 Å². The molecule has 10 heavy (non-hydrogen) atoms. The number of hydrogen-bond acceptors (Lipinski definition) is 0. The summed E-state index contributed by atoms with van der Waals surface area (Å²) in [5.41, 5.74) is 3.69. The fourth-order valence-corrected chi connectivity index (χ4v) is 0.548. The average Bonchev–Trinajstić information content (AvgIpc) is 1.87. The zero-order valence-corrected chi connectivity index (χ0v) is 7.36. The quantitative estimate of drug-likeness (QED) is 0.510. The maximum absolute atomic E-state index is 3.85.